The van der Waals surface area contributed by atoms with Gasteiger partial charge in [0, 0.05) is 4.47 Å². The Labute approximate surface area is 116 Å². The molecular formula is C13H7BrClF3. The predicted molar refractivity (Wildman–Crippen MR) is 69.6 cm³/mol. The second-order valence-electron chi connectivity index (χ2n) is 3.68. The van der Waals surface area contributed by atoms with Gasteiger partial charge in [-0.2, -0.15) is 13.2 Å². The Hall–Kier alpha value is -1.000. The third-order valence-corrected chi connectivity index (χ3v) is 3.70. The van der Waals surface area contributed by atoms with E-state index in [1.165, 1.54) is 0 Å². The molecule has 18 heavy (non-hydrogen) atoms. The van der Waals surface area contributed by atoms with Gasteiger partial charge in [0.25, 0.3) is 0 Å². The lowest BCUT2D eigenvalue weighted by Gasteiger charge is -2.12. The molecule has 2 aromatic rings. The summed E-state index contributed by atoms with van der Waals surface area (Å²) in [6.07, 6.45) is -4.47. The maximum Gasteiger partial charge on any atom is 0.417 e. The van der Waals surface area contributed by atoms with Crippen molar-refractivity contribution < 1.29 is 13.2 Å². The highest BCUT2D eigenvalue weighted by atomic mass is 79.9. The lowest BCUT2D eigenvalue weighted by molar-refractivity contribution is -0.137. The van der Waals surface area contributed by atoms with Crippen LogP contribution in [0.5, 0.6) is 0 Å². The van der Waals surface area contributed by atoms with Crippen LogP contribution in [0.15, 0.2) is 46.9 Å². The molecule has 0 aromatic heterocycles. The Balaban J connectivity index is 2.62. The quantitative estimate of drug-likeness (QED) is 0.619. The van der Waals surface area contributed by atoms with E-state index in [9.17, 15) is 13.2 Å². The second kappa shape index (κ2) is 4.94. The number of hydrogen-bond donors (Lipinski definition) is 0. The second-order valence-corrected chi connectivity index (χ2v) is 4.92. The van der Waals surface area contributed by atoms with Gasteiger partial charge >= 0.3 is 6.18 Å². The molecule has 0 N–H and O–H groups in total. The Bertz CT molecular complexity index is 564. The molecule has 0 unspecified atom stereocenters. The molecule has 0 nitrogen and oxygen atoms in total. The molecular weight excluding hydrogens is 328 g/mol. The minimum absolute atomic E-state index is 0.234. The summed E-state index contributed by atoms with van der Waals surface area (Å²) in [5.41, 5.74) is 0.344. The van der Waals surface area contributed by atoms with E-state index >= 15 is 0 Å². The average Bonchev–Trinajstić information content (AvgIpc) is 2.32. The van der Waals surface area contributed by atoms with Crippen molar-refractivity contribution >= 4 is 27.5 Å². The van der Waals surface area contributed by atoms with Gasteiger partial charge in [-0.15, -0.1) is 0 Å². The molecule has 0 atom stereocenters. The smallest absolute Gasteiger partial charge is 0.166 e. The number of alkyl halides is 3. The fourth-order valence-electron chi connectivity index (χ4n) is 1.59. The fraction of sp³-hybridized carbons (Fsp3) is 0.0769. The zero-order chi connectivity index (χ0) is 13.3. The third kappa shape index (κ3) is 2.70. The molecule has 0 heterocycles. The van der Waals surface area contributed by atoms with Crippen molar-refractivity contribution in [3.8, 4) is 11.1 Å². The summed E-state index contributed by atoms with van der Waals surface area (Å²) in [5.74, 6) is 0. The van der Waals surface area contributed by atoms with Crippen LogP contribution in [0.2, 0.25) is 5.02 Å². The van der Waals surface area contributed by atoms with Crippen LogP contribution in [0, 0.1) is 0 Å². The van der Waals surface area contributed by atoms with Crippen molar-refractivity contribution in [1.29, 1.82) is 0 Å². The van der Waals surface area contributed by atoms with Gasteiger partial charge in [-0.05, 0) is 39.2 Å². The van der Waals surface area contributed by atoms with Gasteiger partial charge in [0.2, 0.25) is 0 Å². The zero-order valence-corrected chi connectivity index (χ0v) is 11.3. The number of rotatable bonds is 1. The molecule has 0 saturated heterocycles. The number of benzene rings is 2. The van der Waals surface area contributed by atoms with Crippen LogP contribution in [0.4, 0.5) is 13.2 Å². The molecule has 0 amide bonds. The first-order valence-electron chi connectivity index (χ1n) is 5.01. The lowest BCUT2D eigenvalue weighted by Crippen LogP contribution is -2.06. The number of halogens is 5. The van der Waals surface area contributed by atoms with Crippen LogP contribution in [0.3, 0.4) is 0 Å². The van der Waals surface area contributed by atoms with Crippen molar-refractivity contribution in [2.45, 2.75) is 6.18 Å². The topological polar surface area (TPSA) is 0 Å². The normalized spacial score (nSPS) is 11.6. The summed E-state index contributed by atoms with van der Waals surface area (Å²) in [6, 6.07) is 11.5. The Morgan fingerprint density at radius 1 is 0.944 bits per heavy atom. The van der Waals surface area contributed by atoms with E-state index in [0.717, 1.165) is 6.07 Å². The summed E-state index contributed by atoms with van der Waals surface area (Å²) < 4.78 is 38.7. The SMILES string of the molecule is FC(F)(F)c1cc(-c2ccccc2)cc(Br)c1Cl. The highest BCUT2D eigenvalue weighted by Gasteiger charge is 2.34. The first-order chi connectivity index (χ1) is 8.39. The minimum atomic E-state index is -4.47. The lowest BCUT2D eigenvalue weighted by atomic mass is 10.0. The maximum atomic E-state index is 12.8. The van der Waals surface area contributed by atoms with Crippen LogP contribution in [-0.4, -0.2) is 0 Å². The molecule has 0 aliphatic carbocycles. The van der Waals surface area contributed by atoms with Gasteiger partial charge in [-0.1, -0.05) is 41.9 Å². The largest absolute Gasteiger partial charge is 0.417 e. The Kier molecular flexibility index (Phi) is 3.69. The van der Waals surface area contributed by atoms with Crippen molar-refractivity contribution in [3.05, 3.63) is 57.5 Å². The molecule has 0 aliphatic heterocycles. The molecule has 0 aliphatic rings. The highest BCUT2D eigenvalue weighted by Crippen LogP contribution is 2.41. The Morgan fingerprint density at radius 3 is 2.11 bits per heavy atom. The van der Waals surface area contributed by atoms with E-state index in [1.54, 1.807) is 36.4 Å². The van der Waals surface area contributed by atoms with Crippen molar-refractivity contribution in [1.82, 2.24) is 0 Å². The maximum absolute atomic E-state index is 12.8. The first-order valence-corrected chi connectivity index (χ1v) is 6.18. The molecule has 0 radical (unpaired) electrons. The summed E-state index contributed by atoms with van der Waals surface area (Å²) in [7, 11) is 0. The van der Waals surface area contributed by atoms with Gasteiger partial charge in [0.15, 0.2) is 0 Å². The average molecular weight is 336 g/mol. The van der Waals surface area contributed by atoms with E-state index in [-0.39, 0.29) is 9.50 Å². The molecule has 0 fully saturated rings. The molecule has 2 aromatic carbocycles. The predicted octanol–water partition coefficient (Wildman–Crippen LogP) is 5.79. The van der Waals surface area contributed by atoms with Crippen LogP contribution in [-0.2, 0) is 6.18 Å². The zero-order valence-electron chi connectivity index (χ0n) is 8.93. The van der Waals surface area contributed by atoms with Gasteiger partial charge in [0.05, 0.1) is 10.6 Å². The molecule has 94 valence electrons. The van der Waals surface area contributed by atoms with E-state index in [4.69, 9.17) is 11.6 Å². The van der Waals surface area contributed by atoms with Crippen molar-refractivity contribution in [2.75, 3.05) is 0 Å². The molecule has 0 bridgehead atoms. The summed E-state index contributed by atoms with van der Waals surface area (Å²) in [4.78, 5) is 0. The van der Waals surface area contributed by atoms with Crippen LogP contribution in [0.25, 0.3) is 11.1 Å². The van der Waals surface area contributed by atoms with Gasteiger partial charge < -0.3 is 0 Å². The standard InChI is InChI=1S/C13H7BrClF3/c14-11-7-9(8-4-2-1-3-5-8)6-10(12(11)15)13(16,17)18/h1-7H. The van der Waals surface area contributed by atoms with Crippen molar-refractivity contribution in [3.63, 3.8) is 0 Å². The minimum Gasteiger partial charge on any atom is -0.166 e. The van der Waals surface area contributed by atoms with E-state index < -0.39 is 11.7 Å². The summed E-state index contributed by atoms with van der Waals surface area (Å²) in [5, 5.41) is -0.317. The fourth-order valence-corrected chi connectivity index (χ4v) is 2.27. The van der Waals surface area contributed by atoms with E-state index in [1.807, 2.05) is 0 Å². The third-order valence-electron chi connectivity index (χ3n) is 2.44. The summed E-state index contributed by atoms with van der Waals surface area (Å²) >= 11 is 8.73. The molecule has 0 spiro atoms. The highest BCUT2D eigenvalue weighted by molar-refractivity contribution is 9.10. The molecule has 5 heteroatoms. The summed E-state index contributed by atoms with van der Waals surface area (Å²) in [6.45, 7) is 0. The van der Waals surface area contributed by atoms with Crippen LogP contribution >= 0.6 is 27.5 Å². The van der Waals surface area contributed by atoms with E-state index in [2.05, 4.69) is 15.9 Å². The first kappa shape index (κ1) is 13.4. The van der Waals surface area contributed by atoms with Gasteiger partial charge in [-0.25, -0.2) is 0 Å². The van der Waals surface area contributed by atoms with Gasteiger partial charge in [-0.3, -0.25) is 0 Å². The van der Waals surface area contributed by atoms with Gasteiger partial charge in [0.1, 0.15) is 0 Å². The van der Waals surface area contributed by atoms with E-state index in [0.29, 0.717) is 11.1 Å². The monoisotopic (exact) mass is 334 g/mol. The molecule has 0 saturated carbocycles. The number of hydrogen-bond acceptors (Lipinski definition) is 0. The van der Waals surface area contributed by atoms with Crippen molar-refractivity contribution in [2.24, 2.45) is 0 Å². The van der Waals surface area contributed by atoms with Crippen LogP contribution < -0.4 is 0 Å². The Morgan fingerprint density at radius 2 is 1.56 bits per heavy atom. The molecule has 2 rings (SSSR count). The van der Waals surface area contributed by atoms with Crippen LogP contribution in [0.1, 0.15) is 5.56 Å².